The van der Waals surface area contributed by atoms with Crippen LogP contribution >= 0.6 is 0 Å². The van der Waals surface area contributed by atoms with Gasteiger partial charge >= 0.3 is 0 Å². The van der Waals surface area contributed by atoms with Crippen LogP contribution in [0.2, 0.25) is 0 Å². The summed E-state index contributed by atoms with van der Waals surface area (Å²) in [6.45, 7) is 3.73. The zero-order valence-electron chi connectivity index (χ0n) is 11.1. The van der Waals surface area contributed by atoms with Gasteiger partial charge in [-0.2, -0.15) is 0 Å². The smallest absolute Gasteiger partial charge is 0.227 e. The Morgan fingerprint density at radius 2 is 2.21 bits per heavy atom. The molecular formula is C16H18N2O. The van der Waals surface area contributed by atoms with Gasteiger partial charge in [0.15, 0.2) is 0 Å². The lowest BCUT2D eigenvalue weighted by Gasteiger charge is -2.25. The van der Waals surface area contributed by atoms with E-state index < -0.39 is 0 Å². The van der Waals surface area contributed by atoms with Gasteiger partial charge in [0.1, 0.15) is 0 Å². The molecule has 0 atom stereocenters. The van der Waals surface area contributed by atoms with Crippen LogP contribution in [0.15, 0.2) is 42.1 Å². The lowest BCUT2D eigenvalue weighted by molar-refractivity contribution is -0.130. The first-order valence-electron chi connectivity index (χ1n) is 6.72. The van der Waals surface area contributed by atoms with Crippen molar-refractivity contribution in [3.63, 3.8) is 0 Å². The lowest BCUT2D eigenvalue weighted by atomic mass is 10.1. The van der Waals surface area contributed by atoms with Crippen LogP contribution < -0.4 is 0 Å². The van der Waals surface area contributed by atoms with E-state index in [4.69, 9.17) is 0 Å². The summed E-state index contributed by atoms with van der Waals surface area (Å²) in [4.78, 5) is 17.5. The van der Waals surface area contributed by atoms with Crippen molar-refractivity contribution in [1.82, 2.24) is 9.88 Å². The fraction of sp³-hybridized carbons (Fsp3) is 0.312. The Bertz CT molecular complexity index is 639. The Morgan fingerprint density at radius 1 is 1.37 bits per heavy atom. The van der Waals surface area contributed by atoms with E-state index in [1.54, 1.807) is 0 Å². The first-order valence-corrected chi connectivity index (χ1v) is 6.72. The van der Waals surface area contributed by atoms with Crippen LogP contribution in [-0.2, 0) is 11.2 Å². The number of nitrogens with one attached hydrogen (secondary N) is 1. The summed E-state index contributed by atoms with van der Waals surface area (Å²) in [6, 6.07) is 8.12. The molecule has 0 radical (unpaired) electrons. The SMILES string of the molecule is CC1=CCN(C(=O)Cc2c[nH]c3ccccc23)CC1. The second kappa shape index (κ2) is 4.92. The van der Waals surface area contributed by atoms with E-state index in [0.717, 1.165) is 36.0 Å². The Labute approximate surface area is 112 Å². The summed E-state index contributed by atoms with van der Waals surface area (Å²) in [5.41, 5.74) is 3.57. The third-order valence-corrected chi connectivity index (χ3v) is 3.81. The molecule has 2 heterocycles. The van der Waals surface area contributed by atoms with Crippen molar-refractivity contribution < 1.29 is 4.79 Å². The number of carbonyl (C=O) groups excluding carboxylic acids is 1. The molecule has 0 bridgehead atoms. The monoisotopic (exact) mass is 254 g/mol. The van der Waals surface area contributed by atoms with E-state index in [2.05, 4.69) is 24.1 Å². The molecule has 0 unspecified atom stereocenters. The van der Waals surface area contributed by atoms with Crippen molar-refractivity contribution in [3.8, 4) is 0 Å². The van der Waals surface area contributed by atoms with Crippen molar-refractivity contribution in [2.45, 2.75) is 19.8 Å². The zero-order chi connectivity index (χ0) is 13.2. The molecule has 0 fully saturated rings. The minimum absolute atomic E-state index is 0.216. The van der Waals surface area contributed by atoms with Crippen molar-refractivity contribution in [1.29, 1.82) is 0 Å². The number of aromatic nitrogens is 1. The number of rotatable bonds is 2. The second-order valence-electron chi connectivity index (χ2n) is 5.18. The highest BCUT2D eigenvalue weighted by Gasteiger charge is 2.17. The van der Waals surface area contributed by atoms with Crippen LogP contribution in [-0.4, -0.2) is 28.9 Å². The van der Waals surface area contributed by atoms with Gasteiger partial charge in [-0.25, -0.2) is 0 Å². The predicted molar refractivity (Wildman–Crippen MR) is 77.0 cm³/mol. The van der Waals surface area contributed by atoms with Gasteiger partial charge in [0.2, 0.25) is 5.91 Å². The lowest BCUT2D eigenvalue weighted by Crippen LogP contribution is -2.35. The topological polar surface area (TPSA) is 36.1 Å². The van der Waals surface area contributed by atoms with Crippen molar-refractivity contribution in [2.75, 3.05) is 13.1 Å². The predicted octanol–water partition coefficient (Wildman–Crippen LogP) is 2.89. The molecular weight excluding hydrogens is 236 g/mol. The summed E-state index contributed by atoms with van der Waals surface area (Å²) in [7, 11) is 0. The highest BCUT2D eigenvalue weighted by molar-refractivity contribution is 5.89. The number of carbonyl (C=O) groups is 1. The molecule has 0 aliphatic carbocycles. The van der Waals surface area contributed by atoms with Crippen molar-refractivity contribution in [3.05, 3.63) is 47.7 Å². The molecule has 3 rings (SSSR count). The van der Waals surface area contributed by atoms with Gasteiger partial charge in [0.25, 0.3) is 0 Å². The molecule has 1 amide bonds. The third kappa shape index (κ3) is 2.41. The molecule has 0 spiro atoms. The fourth-order valence-corrected chi connectivity index (χ4v) is 2.55. The van der Waals surface area contributed by atoms with E-state index >= 15 is 0 Å². The second-order valence-corrected chi connectivity index (χ2v) is 5.18. The summed E-state index contributed by atoms with van der Waals surface area (Å²) in [5.74, 6) is 0.216. The molecule has 1 aliphatic heterocycles. The Hall–Kier alpha value is -2.03. The van der Waals surface area contributed by atoms with Gasteiger partial charge in [-0.05, 0) is 25.0 Å². The molecule has 3 heteroatoms. The molecule has 1 aromatic carbocycles. The zero-order valence-corrected chi connectivity index (χ0v) is 11.1. The van der Waals surface area contributed by atoms with Gasteiger partial charge in [-0.15, -0.1) is 0 Å². The van der Waals surface area contributed by atoms with Crippen LogP contribution in [0.25, 0.3) is 10.9 Å². The van der Waals surface area contributed by atoms with Gasteiger partial charge < -0.3 is 9.88 Å². The maximum absolute atomic E-state index is 12.3. The molecule has 0 saturated carbocycles. The van der Waals surface area contributed by atoms with Gasteiger partial charge in [0, 0.05) is 30.2 Å². The Kier molecular flexibility index (Phi) is 3.11. The Balaban J connectivity index is 1.76. The van der Waals surface area contributed by atoms with Crippen molar-refractivity contribution in [2.24, 2.45) is 0 Å². The maximum atomic E-state index is 12.3. The maximum Gasteiger partial charge on any atom is 0.227 e. The van der Waals surface area contributed by atoms with E-state index in [1.807, 2.05) is 29.3 Å². The number of fused-ring (bicyclic) bond motifs is 1. The number of nitrogens with zero attached hydrogens (tertiary/aromatic N) is 1. The van der Waals surface area contributed by atoms with E-state index in [0.29, 0.717) is 6.42 Å². The van der Waals surface area contributed by atoms with Crippen LogP contribution in [0.3, 0.4) is 0 Å². The molecule has 3 nitrogen and oxygen atoms in total. The highest BCUT2D eigenvalue weighted by Crippen LogP contribution is 2.19. The molecule has 19 heavy (non-hydrogen) atoms. The summed E-state index contributed by atoms with van der Waals surface area (Å²) >= 11 is 0. The molecule has 0 saturated heterocycles. The molecule has 1 N–H and O–H groups in total. The molecule has 1 aliphatic rings. The van der Waals surface area contributed by atoms with Crippen LogP contribution in [0.5, 0.6) is 0 Å². The normalized spacial score (nSPS) is 15.6. The van der Waals surface area contributed by atoms with Gasteiger partial charge in [-0.1, -0.05) is 29.8 Å². The number of amides is 1. The number of H-pyrrole nitrogens is 1. The number of aromatic amines is 1. The molecule has 98 valence electrons. The Morgan fingerprint density at radius 3 is 3.00 bits per heavy atom. The average Bonchev–Trinajstić information content (AvgIpc) is 2.83. The van der Waals surface area contributed by atoms with E-state index in [-0.39, 0.29) is 5.91 Å². The van der Waals surface area contributed by atoms with Crippen LogP contribution in [0, 0.1) is 0 Å². The summed E-state index contributed by atoms with van der Waals surface area (Å²) < 4.78 is 0. The first-order chi connectivity index (χ1) is 9.24. The van der Waals surface area contributed by atoms with Crippen molar-refractivity contribution >= 4 is 16.8 Å². The first kappa shape index (κ1) is 12.0. The fourth-order valence-electron chi connectivity index (χ4n) is 2.55. The van der Waals surface area contributed by atoms with E-state index in [9.17, 15) is 4.79 Å². The van der Waals surface area contributed by atoms with Gasteiger partial charge in [-0.3, -0.25) is 4.79 Å². The average molecular weight is 254 g/mol. The minimum atomic E-state index is 0.216. The van der Waals surface area contributed by atoms with Crippen LogP contribution in [0.1, 0.15) is 18.9 Å². The molecule has 2 aromatic rings. The van der Waals surface area contributed by atoms with Gasteiger partial charge in [0.05, 0.1) is 6.42 Å². The number of para-hydroxylation sites is 1. The quantitative estimate of drug-likeness (QED) is 0.822. The molecule has 1 aromatic heterocycles. The summed E-state index contributed by atoms with van der Waals surface area (Å²) in [5, 5.41) is 1.15. The highest BCUT2D eigenvalue weighted by atomic mass is 16.2. The third-order valence-electron chi connectivity index (χ3n) is 3.81. The standard InChI is InChI=1S/C16H18N2O/c1-12-6-8-18(9-7-12)16(19)10-13-11-17-15-5-3-2-4-14(13)15/h2-6,11,17H,7-10H2,1H3. The van der Waals surface area contributed by atoms with E-state index in [1.165, 1.54) is 5.57 Å². The number of hydrogen-bond donors (Lipinski definition) is 1. The number of hydrogen-bond acceptors (Lipinski definition) is 1. The van der Waals surface area contributed by atoms with Crippen LogP contribution in [0.4, 0.5) is 0 Å². The minimum Gasteiger partial charge on any atom is -0.361 e. The largest absolute Gasteiger partial charge is 0.361 e. The summed E-state index contributed by atoms with van der Waals surface area (Å²) in [6.07, 6.45) is 5.58. The number of benzene rings is 1.